The van der Waals surface area contributed by atoms with Crippen molar-refractivity contribution in [3.8, 4) is 0 Å². The first-order chi connectivity index (χ1) is 33.2. The smallest absolute Gasteiger partial charge is 0.416 e. The number of amides is 5. The van der Waals surface area contributed by atoms with Crippen molar-refractivity contribution in [1.29, 1.82) is 10.8 Å². The third-order valence-corrected chi connectivity index (χ3v) is 10.7. The number of guanidine groups is 2. The highest BCUT2D eigenvalue weighted by molar-refractivity contribution is 6.00. The van der Waals surface area contributed by atoms with Crippen molar-refractivity contribution < 1.29 is 52.5 Å². The van der Waals surface area contributed by atoms with Gasteiger partial charge in [-0.1, -0.05) is 121 Å². The van der Waals surface area contributed by atoms with Crippen LogP contribution in [0.3, 0.4) is 0 Å². The standard InChI is InChI=1S/C51H61N7O11/c1-51(2,3)69-44(60)42-29-18-30-56(42)43(59)41(27-16-31-57(49(63)67-35-39-23-12-6-13-24-39)45(52)54-47(61)65-33-37-19-8-4-9-20-37)28-17-32-58(50(64)68-36-40-25-14-7-15-26-40)46(53)55-48(62)66-34-38-21-10-5-11-22-38/h4-15,19-26,41-42H,16-18,27-36H2,1-3H3,(H2,52,54,61)(H2,53,55,62)/t42-/m0/s1. The molecule has 1 heterocycles. The van der Waals surface area contributed by atoms with Gasteiger partial charge in [-0.3, -0.25) is 26.2 Å². The fourth-order valence-corrected chi connectivity index (χ4v) is 7.29. The molecular formula is C51H61N7O11. The third-order valence-electron chi connectivity index (χ3n) is 10.7. The van der Waals surface area contributed by atoms with Crippen LogP contribution in [0.5, 0.6) is 0 Å². The van der Waals surface area contributed by atoms with E-state index in [1.807, 2.05) is 24.3 Å². The number of carbonyl (C=O) groups excluding carboxylic acids is 6. The summed E-state index contributed by atoms with van der Waals surface area (Å²) in [6.45, 7) is 4.75. The molecular weight excluding hydrogens is 887 g/mol. The number of hydrogen-bond donors (Lipinski definition) is 4. The molecule has 0 saturated carbocycles. The maximum absolute atomic E-state index is 14.6. The number of esters is 1. The Morgan fingerprint density at radius 2 is 0.957 bits per heavy atom. The van der Waals surface area contributed by atoms with E-state index in [4.69, 9.17) is 34.5 Å². The van der Waals surface area contributed by atoms with Crippen molar-refractivity contribution in [2.45, 2.75) is 97.4 Å². The maximum Gasteiger partial charge on any atom is 0.416 e. The third kappa shape index (κ3) is 17.8. The van der Waals surface area contributed by atoms with Gasteiger partial charge in [0.05, 0.1) is 0 Å². The van der Waals surface area contributed by atoms with Crippen LogP contribution >= 0.6 is 0 Å². The largest absolute Gasteiger partial charge is 0.458 e. The molecule has 5 rings (SSSR count). The second-order valence-corrected chi connectivity index (χ2v) is 17.2. The highest BCUT2D eigenvalue weighted by Crippen LogP contribution is 2.27. The number of ether oxygens (including phenoxy) is 5. The zero-order valence-corrected chi connectivity index (χ0v) is 39.2. The van der Waals surface area contributed by atoms with E-state index in [1.54, 1.807) is 118 Å². The van der Waals surface area contributed by atoms with Crippen LogP contribution < -0.4 is 10.6 Å². The minimum absolute atomic E-state index is 0.0843. The first-order valence-corrected chi connectivity index (χ1v) is 22.8. The second-order valence-electron chi connectivity index (χ2n) is 17.2. The number of hydrogen-bond acceptors (Lipinski definition) is 13. The van der Waals surface area contributed by atoms with Gasteiger partial charge >= 0.3 is 30.3 Å². The van der Waals surface area contributed by atoms with Crippen LogP contribution in [0.4, 0.5) is 19.2 Å². The maximum atomic E-state index is 14.6. The molecule has 18 nitrogen and oxygen atoms in total. The Bertz CT molecular complexity index is 2200. The minimum Gasteiger partial charge on any atom is -0.458 e. The lowest BCUT2D eigenvalue weighted by molar-refractivity contribution is -0.164. The van der Waals surface area contributed by atoms with E-state index in [0.717, 1.165) is 9.80 Å². The van der Waals surface area contributed by atoms with Crippen molar-refractivity contribution in [2.24, 2.45) is 5.92 Å². The summed E-state index contributed by atoms with van der Waals surface area (Å²) in [5.41, 5.74) is 2.00. The highest BCUT2D eigenvalue weighted by Gasteiger charge is 2.39. The zero-order chi connectivity index (χ0) is 49.6. The van der Waals surface area contributed by atoms with Crippen LogP contribution in [0.2, 0.25) is 0 Å². The molecule has 4 N–H and O–H groups in total. The molecule has 4 aromatic carbocycles. The van der Waals surface area contributed by atoms with E-state index in [0.29, 0.717) is 35.1 Å². The van der Waals surface area contributed by atoms with Crippen molar-refractivity contribution in [1.82, 2.24) is 25.3 Å². The quantitative estimate of drug-likeness (QED) is 0.0320. The van der Waals surface area contributed by atoms with Gasteiger partial charge in [-0.2, -0.15) is 0 Å². The normalized spacial score (nSPS) is 13.5. The number of alkyl carbamates (subject to hydrolysis) is 2. The average molecular weight is 948 g/mol. The van der Waals surface area contributed by atoms with E-state index in [1.165, 1.54) is 4.90 Å². The van der Waals surface area contributed by atoms with E-state index in [-0.39, 0.29) is 77.7 Å². The lowest BCUT2D eigenvalue weighted by Gasteiger charge is -2.31. The number of nitrogens with zero attached hydrogens (tertiary/aromatic N) is 3. The predicted octanol–water partition coefficient (Wildman–Crippen LogP) is 8.50. The predicted molar refractivity (Wildman–Crippen MR) is 254 cm³/mol. The minimum atomic E-state index is -0.976. The van der Waals surface area contributed by atoms with Crippen LogP contribution in [0.25, 0.3) is 0 Å². The molecule has 0 aromatic heterocycles. The Labute approximate surface area is 402 Å². The Hall–Kier alpha value is -7.76. The first-order valence-electron chi connectivity index (χ1n) is 22.8. The molecule has 4 aromatic rings. The van der Waals surface area contributed by atoms with E-state index < -0.39 is 59.8 Å². The number of benzene rings is 4. The molecule has 0 spiro atoms. The second kappa shape index (κ2) is 26.5. The summed E-state index contributed by atoms with van der Waals surface area (Å²) in [7, 11) is 0. The van der Waals surface area contributed by atoms with Gasteiger partial charge in [0.1, 0.15) is 38.1 Å². The molecule has 69 heavy (non-hydrogen) atoms. The summed E-state index contributed by atoms with van der Waals surface area (Å²) in [6.07, 6.45) is -2.42. The molecule has 0 unspecified atom stereocenters. The van der Waals surface area contributed by atoms with Gasteiger partial charge < -0.3 is 28.6 Å². The monoisotopic (exact) mass is 947 g/mol. The van der Waals surface area contributed by atoms with Crippen LogP contribution in [-0.4, -0.2) is 94.1 Å². The molecule has 1 aliphatic heterocycles. The van der Waals surface area contributed by atoms with Crippen LogP contribution in [0.1, 0.15) is 81.5 Å². The summed E-state index contributed by atoms with van der Waals surface area (Å²) in [4.78, 5) is 84.2. The van der Waals surface area contributed by atoms with Crippen molar-refractivity contribution in [3.05, 3.63) is 144 Å². The van der Waals surface area contributed by atoms with Crippen LogP contribution in [-0.2, 0) is 59.7 Å². The van der Waals surface area contributed by atoms with Gasteiger partial charge in [0, 0.05) is 25.6 Å². The van der Waals surface area contributed by atoms with Gasteiger partial charge in [-0.15, -0.1) is 0 Å². The van der Waals surface area contributed by atoms with Gasteiger partial charge in [0.25, 0.3) is 0 Å². The average Bonchev–Trinajstić information content (AvgIpc) is 3.84. The van der Waals surface area contributed by atoms with Gasteiger partial charge in [0.2, 0.25) is 17.8 Å². The summed E-state index contributed by atoms with van der Waals surface area (Å²) >= 11 is 0. The molecule has 1 saturated heterocycles. The molecule has 0 bridgehead atoms. The lowest BCUT2D eigenvalue weighted by Crippen LogP contribution is -2.48. The zero-order valence-electron chi connectivity index (χ0n) is 39.2. The molecule has 0 aliphatic carbocycles. The van der Waals surface area contributed by atoms with Crippen LogP contribution in [0, 0.1) is 16.7 Å². The van der Waals surface area contributed by atoms with Gasteiger partial charge in [-0.25, -0.2) is 33.8 Å². The topological polar surface area (TPSA) is 230 Å². The summed E-state index contributed by atoms with van der Waals surface area (Å²) in [5, 5.41) is 22.1. The van der Waals surface area contributed by atoms with Gasteiger partial charge in [0.15, 0.2) is 0 Å². The molecule has 366 valence electrons. The van der Waals surface area contributed by atoms with Crippen molar-refractivity contribution >= 4 is 48.2 Å². The molecule has 18 heteroatoms. The molecule has 1 fully saturated rings. The van der Waals surface area contributed by atoms with Crippen LogP contribution in [0.15, 0.2) is 121 Å². The van der Waals surface area contributed by atoms with Crippen molar-refractivity contribution in [3.63, 3.8) is 0 Å². The van der Waals surface area contributed by atoms with E-state index >= 15 is 0 Å². The SMILES string of the molecule is CC(C)(C)OC(=O)[C@@H]1CCCN1C(=O)C(CCCN(C(=N)NC(=O)OCc1ccccc1)C(=O)OCc1ccccc1)CCCN(C(=N)NC(=O)OCc1ccccc1)C(=O)OCc1ccccc1. The summed E-state index contributed by atoms with van der Waals surface area (Å²) in [6, 6.07) is 34.8. The van der Waals surface area contributed by atoms with E-state index in [9.17, 15) is 28.8 Å². The molecule has 5 amide bonds. The Morgan fingerprint density at radius 3 is 1.32 bits per heavy atom. The summed E-state index contributed by atoms with van der Waals surface area (Å²) in [5.74, 6) is -2.94. The lowest BCUT2D eigenvalue weighted by atomic mass is 9.95. The number of likely N-dealkylation sites (tertiary alicyclic amines) is 1. The molecule has 0 radical (unpaired) electrons. The number of nitrogens with one attached hydrogen (secondary N) is 4. The summed E-state index contributed by atoms with van der Waals surface area (Å²) < 4.78 is 27.4. The fraction of sp³-hybridized carbons (Fsp3) is 0.373. The molecule has 1 aliphatic rings. The fourth-order valence-electron chi connectivity index (χ4n) is 7.29. The van der Waals surface area contributed by atoms with E-state index in [2.05, 4.69) is 10.6 Å². The highest BCUT2D eigenvalue weighted by atomic mass is 16.6. The Morgan fingerprint density at radius 1 is 0.594 bits per heavy atom. The van der Waals surface area contributed by atoms with Crippen molar-refractivity contribution in [2.75, 3.05) is 19.6 Å². The molecule has 1 atom stereocenters. The Kier molecular flexibility index (Phi) is 20.1. The Balaban J connectivity index is 1.32. The number of carbonyl (C=O) groups is 6. The number of rotatable bonds is 18. The first kappa shape index (κ1) is 52.2. The van der Waals surface area contributed by atoms with Gasteiger partial charge in [-0.05, 0) is 81.5 Å².